The molecular weight excluding hydrogens is 623 g/mol. The monoisotopic (exact) mass is 651 g/mol. The van der Waals surface area contributed by atoms with E-state index in [0.29, 0.717) is 5.82 Å². The quantitative estimate of drug-likeness (QED) is 0.186. The normalized spacial score (nSPS) is 11.5. The van der Waals surface area contributed by atoms with Crippen molar-refractivity contribution in [2.45, 2.75) is 0 Å². The Morgan fingerprint density at radius 2 is 0.941 bits per heavy atom. The van der Waals surface area contributed by atoms with Crippen LogP contribution >= 0.6 is 0 Å². The maximum absolute atomic E-state index is 5.21. The third-order valence-electron chi connectivity index (χ3n) is 9.62. The summed E-state index contributed by atoms with van der Waals surface area (Å²) in [4.78, 5) is 20.3. The first-order valence-corrected chi connectivity index (χ1v) is 17.1. The molecule has 0 saturated carbocycles. The van der Waals surface area contributed by atoms with Gasteiger partial charge >= 0.3 is 0 Å². The van der Waals surface area contributed by atoms with E-state index in [1.807, 2.05) is 42.6 Å². The number of benzene rings is 6. The van der Waals surface area contributed by atoms with E-state index in [0.717, 1.165) is 83.3 Å². The lowest BCUT2D eigenvalue weighted by Gasteiger charge is -2.12. The molecule has 10 rings (SSSR count). The Morgan fingerprint density at radius 3 is 1.76 bits per heavy atom. The first-order valence-electron chi connectivity index (χ1n) is 17.1. The number of imidazole rings is 1. The third kappa shape index (κ3) is 5.03. The Hall–Kier alpha value is -6.98. The lowest BCUT2D eigenvalue weighted by atomic mass is 9.98. The van der Waals surface area contributed by atoms with Gasteiger partial charge in [-0.2, -0.15) is 0 Å². The molecule has 10 aromatic rings. The second-order valence-electron chi connectivity index (χ2n) is 12.7. The Bertz CT molecular complexity index is 2910. The molecule has 4 aromatic heterocycles. The highest BCUT2D eigenvalue weighted by atomic mass is 15.1. The Morgan fingerprint density at radius 1 is 0.353 bits per heavy atom. The van der Waals surface area contributed by atoms with Gasteiger partial charge in [-0.1, -0.05) is 140 Å². The van der Waals surface area contributed by atoms with E-state index in [-0.39, 0.29) is 0 Å². The fourth-order valence-corrected chi connectivity index (χ4v) is 7.11. The van der Waals surface area contributed by atoms with Crippen molar-refractivity contribution >= 4 is 38.5 Å². The number of para-hydroxylation sites is 1. The highest BCUT2D eigenvalue weighted by molar-refractivity contribution is 6.09. The zero-order chi connectivity index (χ0) is 33.7. The molecule has 51 heavy (non-hydrogen) atoms. The lowest BCUT2D eigenvalue weighted by Crippen LogP contribution is -1.95. The maximum atomic E-state index is 5.21. The minimum absolute atomic E-state index is 0.698. The zero-order valence-corrected chi connectivity index (χ0v) is 27.5. The van der Waals surface area contributed by atoms with Crippen molar-refractivity contribution < 1.29 is 0 Å². The van der Waals surface area contributed by atoms with Crippen LogP contribution in [0.1, 0.15) is 0 Å². The van der Waals surface area contributed by atoms with Crippen LogP contribution in [0.15, 0.2) is 176 Å². The number of nitrogens with zero attached hydrogens (tertiary/aromatic N) is 5. The molecule has 0 aliphatic heterocycles. The van der Waals surface area contributed by atoms with E-state index in [4.69, 9.17) is 19.9 Å². The molecule has 0 N–H and O–H groups in total. The molecule has 0 spiro atoms. The predicted octanol–water partition coefficient (Wildman–Crippen LogP) is 11.3. The van der Waals surface area contributed by atoms with Crippen LogP contribution in [0, 0.1) is 0 Å². The SMILES string of the molecule is c1ccc(-c2cccc(-c3nc(-c4cccc(-c5ccc(-c6nc7c(nc8ccccn87)c7ccccc67)cc5)c4)nc4ccccc34)c2)cc1. The first kappa shape index (κ1) is 29.0. The van der Waals surface area contributed by atoms with Crippen molar-refractivity contribution in [1.82, 2.24) is 24.3 Å². The Balaban J connectivity index is 1.04. The van der Waals surface area contributed by atoms with Gasteiger partial charge in [-0.3, -0.25) is 4.40 Å². The van der Waals surface area contributed by atoms with E-state index in [1.165, 1.54) is 5.56 Å². The van der Waals surface area contributed by atoms with Gasteiger partial charge in [-0.05, 0) is 52.6 Å². The van der Waals surface area contributed by atoms with Crippen molar-refractivity contribution in [2.75, 3.05) is 0 Å². The molecule has 0 atom stereocenters. The summed E-state index contributed by atoms with van der Waals surface area (Å²) in [6.07, 6.45) is 2.02. The Kier molecular flexibility index (Phi) is 6.74. The molecule has 0 bridgehead atoms. The van der Waals surface area contributed by atoms with Gasteiger partial charge in [0.05, 0.1) is 16.9 Å². The van der Waals surface area contributed by atoms with Crippen molar-refractivity contribution in [3.63, 3.8) is 0 Å². The highest BCUT2D eigenvalue weighted by Crippen LogP contribution is 2.35. The van der Waals surface area contributed by atoms with Crippen LogP contribution in [-0.2, 0) is 0 Å². The summed E-state index contributed by atoms with van der Waals surface area (Å²) in [5.74, 6) is 0.698. The molecule has 4 heterocycles. The molecule has 5 heteroatoms. The summed E-state index contributed by atoms with van der Waals surface area (Å²) < 4.78 is 2.06. The van der Waals surface area contributed by atoms with E-state index < -0.39 is 0 Å². The molecule has 0 fully saturated rings. The molecule has 0 radical (unpaired) electrons. The van der Waals surface area contributed by atoms with Gasteiger partial charge in [0.2, 0.25) is 0 Å². The van der Waals surface area contributed by atoms with E-state index >= 15 is 0 Å². The maximum Gasteiger partial charge on any atom is 0.165 e. The van der Waals surface area contributed by atoms with E-state index in [9.17, 15) is 0 Å². The average Bonchev–Trinajstić information content (AvgIpc) is 3.59. The van der Waals surface area contributed by atoms with Gasteiger partial charge in [-0.15, -0.1) is 0 Å². The number of pyridine rings is 2. The van der Waals surface area contributed by atoms with Crippen LogP contribution in [0.3, 0.4) is 0 Å². The molecule has 0 aliphatic carbocycles. The molecule has 0 amide bonds. The summed E-state index contributed by atoms with van der Waals surface area (Å²) in [6, 6.07) is 58.9. The standard InChI is InChI=1S/C46H29N5/c1-2-12-30(13-3-1)33-14-10-16-35(28-33)43-39-20-6-7-21-40(39)47-45(49-43)36-17-11-15-34(29-36)31-23-25-32(26-24-31)42-37-18-4-5-19-38(37)44-46(50-42)51-27-9-8-22-41(51)48-44/h1-29H. The molecule has 0 unspecified atom stereocenters. The molecular formula is C46H29N5. The highest BCUT2D eigenvalue weighted by Gasteiger charge is 2.16. The summed E-state index contributed by atoms with van der Waals surface area (Å²) in [6.45, 7) is 0. The van der Waals surface area contributed by atoms with Gasteiger partial charge in [0.15, 0.2) is 11.5 Å². The van der Waals surface area contributed by atoms with Gasteiger partial charge in [0.1, 0.15) is 11.2 Å². The first-order chi connectivity index (χ1) is 25.3. The van der Waals surface area contributed by atoms with Crippen LogP contribution in [0.5, 0.6) is 0 Å². The average molecular weight is 652 g/mol. The fourth-order valence-electron chi connectivity index (χ4n) is 7.11. The van der Waals surface area contributed by atoms with Gasteiger partial charge < -0.3 is 0 Å². The third-order valence-corrected chi connectivity index (χ3v) is 9.62. The predicted molar refractivity (Wildman–Crippen MR) is 208 cm³/mol. The lowest BCUT2D eigenvalue weighted by molar-refractivity contribution is 1.19. The van der Waals surface area contributed by atoms with Crippen LogP contribution in [-0.4, -0.2) is 24.3 Å². The number of fused-ring (bicyclic) bond motifs is 6. The van der Waals surface area contributed by atoms with Crippen molar-refractivity contribution in [2.24, 2.45) is 0 Å². The fraction of sp³-hybridized carbons (Fsp3) is 0. The minimum atomic E-state index is 0.698. The van der Waals surface area contributed by atoms with Crippen molar-refractivity contribution in [3.8, 4) is 56.2 Å². The van der Waals surface area contributed by atoms with Crippen LogP contribution in [0.4, 0.5) is 0 Å². The number of hydrogen-bond donors (Lipinski definition) is 0. The number of hydrogen-bond acceptors (Lipinski definition) is 4. The van der Waals surface area contributed by atoms with Crippen LogP contribution in [0.2, 0.25) is 0 Å². The summed E-state index contributed by atoms with van der Waals surface area (Å²) >= 11 is 0. The van der Waals surface area contributed by atoms with Crippen LogP contribution < -0.4 is 0 Å². The summed E-state index contributed by atoms with van der Waals surface area (Å²) in [5.41, 5.74) is 13.1. The smallest absolute Gasteiger partial charge is 0.165 e. The van der Waals surface area contributed by atoms with Gasteiger partial charge in [0.25, 0.3) is 0 Å². The molecule has 0 saturated heterocycles. The topological polar surface area (TPSA) is 56.0 Å². The second-order valence-corrected chi connectivity index (χ2v) is 12.7. The molecule has 0 aliphatic rings. The van der Waals surface area contributed by atoms with Gasteiger partial charge in [-0.25, -0.2) is 19.9 Å². The van der Waals surface area contributed by atoms with Crippen molar-refractivity contribution in [1.29, 1.82) is 0 Å². The molecule has 238 valence electrons. The largest absolute Gasteiger partial charge is 0.284 e. The minimum Gasteiger partial charge on any atom is -0.284 e. The summed E-state index contributed by atoms with van der Waals surface area (Å²) in [5, 5.41) is 3.21. The Labute approximate surface area is 294 Å². The van der Waals surface area contributed by atoms with E-state index in [1.54, 1.807) is 0 Å². The summed E-state index contributed by atoms with van der Waals surface area (Å²) in [7, 11) is 0. The second kappa shape index (κ2) is 11.9. The van der Waals surface area contributed by atoms with Gasteiger partial charge in [0, 0.05) is 39.0 Å². The van der Waals surface area contributed by atoms with Crippen molar-refractivity contribution in [3.05, 3.63) is 176 Å². The molecule has 5 nitrogen and oxygen atoms in total. The number of aromatic nitrogens is 5. The number of rotatable bonds is 5. The van der Waals surface area contributed by atoms with E-state index in [2.05, 4.69) is 138 Å². The zero-order valence-electron chi connectivity index (χ0n) is 27.5. The van der Waals surface area contributed by atoms with Crippen LogP contribution in [0.25, 0.3) is 94.6 Å². The molecule has 6 aromatic carbocycles.